The van der Waals surface area contributed by atoms with E-state index in [2.05, 4.69) is 26.6 Å². The van der Waals surface area contributed by atoms with Crippen LogP contribution < -0.4 is 10.6 Å². The fourth-order valence-electron chi connectivity index (χ4n) is 1.06. The molecular formula is C11H13BrN2O3. The van der Waals surface area contributed by atoms with Gasteiger partial charge in [-0.3, -0.25) is 9.59 Å². The molecule has 6 heteroatoms. The molecule has 0 aliphatic heterocycles. The lowest BCUT2D eigenvalue weighted by Gasteiger charge is -2.10. The Morgan fingerprint density at radius 3 is 2.41 bits per heavy atom. The summed E-state index contributed by atoms with van der Waals surface area (Å²) in [5.41, 5.74) is 0.532. The van der Waals surface area contributed by atoms with Crippen LogP contribution in [0.1, 0.15) is 6.92 Å². The third-order valence-electron chi connectivity index (χ3n) is 1.96. The van der Waals surface area contributed by atoms with E-state index in [1.165, 1.54) is 0 Å². The van der Waals surface area contributed by atoms with Crippen molar-refractivity contribution in [1.29, 1.82) is 0 Å². The predicted molar refractivity (Wildman–Crippen MR) is 67.5 cm³/mol. The Kier molecular flexibility index (Phi) is 5.11. The molecule has 1 rings (SSSR count). The van der Waals surface area contributed by atoms with E-state index in [9.17, 15) is 9.59 Å². The first-order valence-electron chi connectivity index (χ1n) is 5.01. The van der Waals surface area contributed by atoms with Crippen molar-refractivity contribution < 1.29 is 14.7 Å². The SMILES string of the molecule is CC(CO)NC(=O)C(=O)Nc1ccc(Br)cc1. The molecule has 1 atom stereocenters. The Morgan fingerprint density at radius 2 is 1.88 bits per heavy atom. The van der Waals surface area contributed by atoms with Gasteiger partial charge in [0.05, 0.1) is 6.61 Å². The summed E-state index contributed by atoms with van der Waals surface area (Å²) in [6, 6.07) is 6.40. The van der Waals surface area contributed by atoms with Crippen molar-refractivity contribution in [1.82, 2.24) is 5.32 Å². The predicted octanol–water partition coefficient (Wildman–Crippen LogP) is 0.885. The normalized spacial score (nSPS) is 11.7. The number of hydrogen-bond acceptors (Lipinski definition) is 3. The number of aliphatic hydroxyl groups excluding tert-OH is 1. The van der Waals surface area contributed by atoms with Crippen LogP contribution in [0.25, 0.3) is 0 Å². The molecule has 0 aromatic heterocycles. The van der Waals surface area contributed by atoms with Crippen LogP contribution in [0, 0.1) is 0 Å². The largest absolute Gasteiger partial charge is 0.394 e. The first kappa shape index (κ1) is 13.7. The van der Waals surface area contributed by atoms with Crippen LogP contribution in [0.4, 0.5) is 5.69 Å². The number of carbonyl (C=O) groups is 2. The smallest absolute Gasteiger partial charge is 0.313 e. The zero-order chi connectivity index (χ0) is 12.8. The molecular weight excluding hydrogens is 288 g/mol. The fraction of sp³-hybridized carbons (Fsp3) is 0.273. The van der Waals surface area contributed by atoms with Gasteiger partial charge in [0, 0.05) is 16.2 Å². The molecule has 17 heavy (non-hydrogen) atoms. The zero-order valence-electron chi connectivity index (χ0n) is 9.24. The molecule has 92 valence electrons. The van der Waals surface area contributed by atoms with Gasteiger partial charge in [-0.1, -0.05) is 15.9 Å². The van der Waals surface area contributed by atoms with E-state index in [4.69, 9.17) is 5.11 Å². The molecule has 0 saturated carbocycles. The van der Waals surface area contributed by atoms with E-state index in [1.807, 2.05) is 0 Å². The number of carbonyl (C=O) groups excluding carboxylic acids is 2. The maximum atomic E-state index is 11.4. The van der Waals surface area contributed by atoms with Gasteiger partial charge >= 0.3 is 11.8 Å². The highest BCUT2D eigenvalue weighted by molar-refractivity contribution is 9.10. The van der Waals surface area contributed by atoms with Gasteiger partial charge in [-0.05, 0) is 31.2 Å². The van der Waals surface area contributed by atoms with Gasteiger partial charge in [-0.25, -0.2) is 0 Å². The molecule has 0 radical (unpaired) electrons. The van der Waals surface area contributed by atoms with Gasteiger partial charge < -0.3 is 15.7 Å². The lowest BCUT2D eigenvalue weighted by Crippen LogP contribution is -2.42. The fourth-order valence-corrected chi connectivity index (χ4v) is 1.32. The summed E-state index contributed by atoms with van der Waals surface area (Å²) in [6.07, 6.45) is 0. The molecule has 3 N–H and O–H groups in total. The van der Waals surface area contributed by atoms with Gasteiger partial charge in [0.1, 0.15) is 0 Å². The standard InChI is InChI=1S/C11H13BrN2O3/c1-7(6-15)13-10(16)11(17)14-9-4-2-8(12)3-5-9/h2-5,7,15H,6H2,1H3,(H,13,16)(H,14,17). The molecule has 0 bridgehead atoms. The highest BCUT2D eigenvalue weighted by Gasteiger charge is 2.15. The van der Waals surface area contributed by atoms with Crippen molar-refractivity contribution in [2.75, 3.05) is 11.9 Å². The number of hydrogen-bond donors (Lipinski definition) is 3. The van der Waals surface area contributed by atoms with Gasteiger partial charge in [0.25, 0.3) is 0 Å². The van der Waals surface area contributed by atoms with Crippen LogP contribution >= 0.6 is 15.9 Å². The van der Waals surface area contributed by atoms with Crippen LogP contribution in [0.3, 0.4) is 0 Å². The monoisotopic (exact) mass is 300 g/mol. The number of rotatable bonds is 3. The summed E-state index contributed by atoms with van der Waals surface area (Å²) in [6.45, 7) is 1.39. The van der Waals surface area contributed by atoms with Gasteiger partial charge in [0.2, 0.25) is 0 Å². The van der Waals surface area contributed by atoms with Gasteiger partial charge in [0.15, 0.2) is 0 Å². The van der Waals surface area contributed by atoms with Gasteiger partial charge in [-0.2, -0.15) is 0 Å². The van der Waals surface area contributed by atoms with E-state index in [-0.39, 0.29) is 6.61 Å². The third kappa shape index (κ3) is 4.54. The summed E-state index contributed by atoms with van der Waals surface area (Å²) in [5, 5.41) is 13.5. The minimum Gasteiger partial charge on any atom is -0.394 e. The summed E-state index contributed by atoms with van der Waals surface area (Å²) < 4.78 is 0.883. The second-order valence-corrected chi connectivity index (χ2v) is 4.43. The molecule has 0 fully saturated rings. The number of aliphatic hydroxyl groups is 1. The lowest BCUT2D eigenvalue weighted by atomic mass is 10.3. The van der Waals surface area contributed by atoms with Crippen molar-refractivity contribution in [3.63, 3.8) is 0 Å². The molecule has 5 nitrogen and oxygen atoms in total. The number of anilines is 1. The first-order chi connectivity index (χ1) is 8.02. The Labute approximate surface area is 107 Å². The highest BCUT2D eigenvalue weighted by Crippen LogP contribution is 2.13. The van der Waals surface area contributed by atoms with E-state index in [0.717, 1.165) is 4.47 Å². The van der Waals surface area contributed by atoms with Crippen molar-refractivity contribution in [3.05, 3.63) is 28.7 Å². The zero-order valence-corrected chi connectivity index (χ0v) is 10.8. The molecule has 0 aliphatic carbocycles. The molecule has 0 saturated heterocycles. The number of benzene rings is 1. The van der Waals surface area contributed by atoms with Crippen molar-refractivity contribution in [2.45, 2.75) is 13.0 Å². The van der Waals surface area contributed by atoms with Crippen LogP contribution in [-0.2, 0) is 9.59 Å². The molecule has 0 heterocycles. The van der Waals surface area contributed by atoms with Crippen molar-refractivity contribution in [2.24, 2.45) is 0 Å². The second kappa shape index (κ2) is 6.36. The maximum absolute atomic E-state index is 11.4. The first-order valence-corrected chi connectivity index (χ1v) is 5.80. The van der Waals surface area contributed by atoms with Crippen LogP contribution in [0.5, 0.6) is 0 Å². The summed E-state index contributed by atoms with van der Waals surface area (Å²) >= 11 is 3.26. The molecule has 0 spiro atoms. The minimum atomic E-state index is -0.769. The Morgan fingerprint density at radius 1 is 1.29 bits per heavy atom. The third-order valence-corrected chi connectivity index (χ3v) is 2.49. The Hall–Kier alpha value is -1.40. The number of nitrogens with one attached hydrogen (secondary N) is 2. The maximum Gasteiger partial charge on any atom is 0.313 e. The van der Waals surface area contributed by atoms with Crippen molar-refractivity contribution in [3.8, 4) is 0 Å². The van der Waals surface area contributed by atoms with Crippen molar-refractivity contribution >= 4 is 33.4 Å². The second-order valence-electron chi connectivity index (χ2n) is 3.52. The lowest BCUT2D eigenvalue weighted by molar-refractivity contribution is -0.136. The topological polar surface area (TPSA) is 78.4 Å². The number of halogens is 1. The molecule has 1 aromatic carbocycles. The average molecular weight is 301 g/mol. The average Bonchev–Trinajstić information content (AvgIpc) is 2.31. The summed E-state index contributed by atoms with van der Waals surface area (Å²) in [7, 11) is 0. The van der Waals surface area contributed by atoms with E-state index < -0.39 is 17.9 Å². The van der Waals surface area contributed by atoms with Crippen LogP contribution in [0.15, 0.2) is 28.7 Å². The Balaban J connectivity index is 2.54. The van der Waals surface area contributed by atoms with Crippen LogP contribution in [0.2, 0.25) is 0 Å². The quantitative estimate of drug-likeness (QED) is 0.725. The molecule has 1 aromatic rings. The molecule has 1 unspecified atom stereocenters. The molecule has 0 aliphatic rings. The molecule has 2 amide bonds. The van der Waals surface area contributed by atoms with Crippen LogP contribution in [-0.4, -0.2) is 29.6 Å². The minimum absolute atomic E-state index is 0.211. The van der Waals surface area contributed by atoms with E-state index in [1.54, 1.807) is 31.2 Å². The number of amides is 2. The highest BCUT2D eigenvalue weighted by atomic mass is 79.9. The van der Waals surface area contributed by atoms with E-state index in [0.29, 0.717) is 5.69 Å². The van der Waals surface area contributed by atoms with E-state index >= 15 is 0 Å². The Bertz CT molecular complexity index is 406. The summed E-state index contributed by atoms with van der Waals surface area (Å²) in [4.78, 5) is 22.8. The van der Waals surface area contributed by atoms with Gasteiger partial charge in [-0.15, -0.1) is 0 Å². The summed E-state index contributed by atoms with van der Waals surface area (Å²) in [5.74, 6) is -1.53.